The van der Waals surface area contributed by atoms with Crippen molar-refractivity contribution in [2.45, 2.75) is 26.4 Å². The van der Waals surface area contributed by atoms with Gasteiger partial charge in [-0.2, -0.15) is 9.28 Å². The number of nitrogens with one attached hydrogen (secondary N) is 1. The summed E-state index contributed by atoms with van der Waals surface area (Å²) in [6.07, 6.45) is -0.458. The lowest BCUT2D eigenvalue weighted by atomic mass is 10.1. The molecule has 0 saturated carbocycles. The molecule has 6 heteroatoms. The largest absolute Gasteiger partial charge is 0.521 e. The number of rotatable bonds is 1. The molecule has 1 heterocycles. The first-order chi connectivity index (χ1) is 9.76. The number of nitrogens with zero attached hydrogens (tertiary/aromatic N) is 1. The van der Waals surface area contributed by atoms with E-state index in [1.165, 1.54) is 6.07 Å². The summed E-state index contributed by atoms with van der Waals surface area (Å²) in [6, 6.07) is 4.49. The molecule has 1 aromatic carbocycles. The fraction of sp³-hybridized carbons (Fsp3) is 0.533. The zero-order chi connectivity index (χ0) is 15.7. The second kappa shape index (κ2) is 5.61. The van der Waals surface area contributed by atoms with Crippen molar-refractivity contribution in [2.24, 2.45) is 0 Å². The van der Waals surface area contributed by atoms with Gasteiger partial charge in [0.05, 0.1) is 5.69 Å². The Bertz CT molecular complexity index is 514. The van der Waals surface area contributed by atoms with E-state index in [4.69, 9.17) is 10.5 Å². The van der Waals surface area contributed by atoms with E-state index in [1.54, 1.807) is 32.9 Å². The van der Waals surface area contributed by atoms with Gasteiger partial charge in [0.15, 0.2) is 5.82 Å². The van der Waals surface area contributed by atoms with Crippen molar-refractivity contribution in [1.29, 1.82) is 0 Å². The lowest BCUT2D eigenvalue weighted by molar-refractivity contribution is 0.0236. The van der Waals surface area contributed by atoms with Gasteiger partial charge < -0.3 is 15.8 Å². The Balaban J connectivity index is 2.49. The molecule has 0 aromatic heterocycles. The number of hydrogen-bond acceptors (Lipinski definition) is 4. The minimum absolute atomic E-state index is 0.206. The molecule has 1 aliphatic rings. The molecule has 0 spiro atoms. The highest BCUT2D eigenvalue weighted by atomic mass is 19.1. The second-order valence-corrected chi connectivity index (χ2v) is 6.32. The lowest BCUT2D eigenvalue weighted by Gasteiger charge is -2.39. The third-order valence-corrected chi connectivity index (χ3v) is 3.53. The maximum absolute atomic E-state index is 14.3. The van der Waals surface area contributed by atoms with Crippen LogP contribution in [0.15, 0.2) is 18.2 Å². The average molecular weight is 296 g/mol. The van der Waals surface area contributed by atoms with Crippen molar-refractivity contribution < 1.29 is 13.9 Å². The zero-order valence-electron chi connectivity index (χ0n) is 12.8. The Labute approximate surface area is 124 Å². The SMILES string of the molecule is CC(C)(C)OC(=O)[N+]1(c2c(N)cccc2F)CCNCC1. The summed E-state index contributed by atoms with van der Waals surface area (Å²) in [5.41, 5.74) is 5.82. The summed E-state index contributed by atoms with van der Waals surface area (Å²) < 4.78 is 19.7. The van der Waals surface area contributed by atoms with Crippen LogP contribution in [-0.4, -0.2) is 37.9 Å². The Hall–Kier alpha value is -1.66. The van der Waals surface area contributed by atoms with Gasteiger partial charge >= 0.3 is 6.09 Å². The van der Waals surface area contributed by atoms with Gasteiger partial charge in [0.2, 0.25) is 5.69 Å². The number of carbonyl (C=O) groups excluding carboxylic acids is 1. The molecule has 5 nitrogen and oxygen atoms in total. The van der Waals surface area contributed by atoms with Crippen LogP contribution in [0.3, 0.4) is 0 Å². The highest BCUT2D eigenvalue weighted by Crippen LogP contribution is 2.35. The molecule has 0 radical (unpaired) electrons. The molecule has 3 N–H and O–H groups in total. The number of nitrogens with two attached hydrogens (primary N) is 1. The number of carbonyl (C=O) groups is 1. The van der Waals surface area contributed by atoms with Crippen LogP contribution in [0.25, 0.3) is 0 Å². The molecule has 21 heavy (non-hydrogen) atoms. The van der Waals surface area contributed by atoms with E-state index in [0.717, 1.165) is 0 Å². The van der Waals surface area contributed by atoms with Gasteiger partial charge in [-0.1, -0.05) is 6.07 Å². The summed E-state index contributed by atoms with van der Waals surface area (Å²) in [6.45, 7) is 7.44. The number of amides is 1. The van der Waals surface area contributed by atoms with E-state index in [2.05, 4.69) is 5.32 Å². The fourth-order valence-electron chi connectivity index (χ4n) is 2.61. The van der Waals surface area contributed by atoms with E-state index in [1.807, 2.05) is 0 Å². The normalized spacial score (nSPS) is 18.3. The number of ether oxygens (including phenoxy) is 1. The Kier molecular flexibility index (Phi) is 4.20. The highest BCUT2D eigenvalue weighted by molar-refractivity contribution is 5.87. The smallest absolute Gasteiger partial charge is 0.414 e. The van der Waals surface area contributed by atoms with Crippen molar-refractivity contribution in [1.82, 2.24) is 9.80 Å². The first kappa shape index (κ1) is 15.7. The second-order valence-electron chi connectivity index (χ2n) is 6.32. The van der Waals surface area contributed by atoms with Crippen molar-refractivity contribution >= 4 is 17.5 Å². The van der Waals surface area contributed by atoms with E-state index in [-0.39, 0.29) is 15.9 Å². The molecule has 116 valence electrons. The molecule has 1 aromatic rings. The van der Waals surface area contributed by atoms with Gasteiger partial charge in [0, 0.05) is 13.1 Å². The Morgan fingerprint density at radius 3 is 2.48 bits per heavy atom. The lowest BCUT2D eigenvalue weighted by Crippen LogP contribution is -2.64. The monoisotopic (exact) mass is 296 g/mol. The van der Waals surface area contributed by atoms with Crippen molar-refractivity contribution in [3.05, 3.63) is 24.0 Å². The third-order valence-electron chi connectivity index (χ3n) is 3.53. The fourth-order valence-corrected chi connectivity index (χ4v) is 2.61. The third kappa shape index (κ3) is 3.16. The van der Waals surface area contributed by atoms with E-state index < -0.39 is 17.5 Å². The standard InChI is InChI=1S/C15H23FN3O2/c1-15(2,3)21-14(20)19(9-7-18-8-10-19)13-11(16)5-4-6-12(13)17/h4-6,18H,7-10,17H2,1-3H3/q+1. The summed E-state index contributed by atoms with van der Waals surface area (Å²) >= 11 is 0. The number of para-hydroxylation sites is 1. The van der Waals surface area contributed by atoms with E-state index >= 15 is 0 Å². The molecular formula is C15H23FN3O2+. The molecule has 1 saturated heterocycles. The van der Waals surface area contributed by atoms with Crippen LogP contribution in [0.5, 0.6) is 0 Å². The predicted molar refractivity (Wildman–Crippen MR) is 81.4 cm³/mol. The topological polar surface area (TPSA) is 64.3 Å². The molecule has 0 unspecified atom stereocenters. The summed E-state index contributed by atoms with van der Waals surface area (Å²) in [7, 11) is 0. The van der Waals surface area contributed by atoms with Crippen LogP contribution in [0, 0.1) is 5.82 Å². The number of quaternary nitrogens is 1. The van der Waals surface area contributed by atoms with Gasteiger partial charge in [-0.25, -0.2) is 4.39 Å². The summed E-state index contributed by atoms with van der Waals surface area (Å²) in [4.78, 5) is 12.7. The minimum atomic E-state index is -0.632. The van der Waals surface area contributed by atoms with Crippen LogP contribution >= 0.6 is 0 Å². The first-order valence-corrected chi connectivity index (χ1v) is 7.12. The number of nitrogen functional groups attached to an aromatic ring is 1. The van der Waals surface area contributed by atoms with Crippen molar-refractivity contribution in [3.8, 4) is 0 Å². The van der Waals surface area contributed by atoms with Gasteiger partial charge in [-0.15, -0.1) is 0 Å². The van der Waals surface area contributed by atoms with E-state index in [0.29, 0.717) is 26.2 Å². The average Bonchev–Trinajstić information content (AvgIpc) is 2.37. The molecule has 1 amide bonds. The van der Waals surface area contributed by atoms with Gasteiger partial charge in [0.1, 0.15) is 18.7 Å². The molecule has 0 aliphatic carbocycles. The summed E-state index contributed by atoms with van der Waals surface area (Å²) in [5, 5.41) is 3.18. The Morgan fingerprint density at radius 2 is 1.95 bits per heavy atom. The molecular weight excluding hydrogens is 273 g/mol. The molecule has 0 bridgehead atoms. The number of hydrogen-bond donors (Lipinski definition) is 2. The first-order valence-electron chi connectivity index (χ1n) is 7.12. The van der Waals surface area contributed by atoms with Crippen LogP contribution in [0.2, 0.25) is 0 Å². The quantitative estimate of drug-likeness (QED) is 0.616. The number of anilines is 1. The molecule has 1 aliphatic heterocycles. The van der Waals surface area contributed by atoms with Crippen LogP contribution < -0.4 is 15.5 Å². The minimum Gasteiger partial charge on any atom is -0.414 e. The number of piperazine rings is 1. The van der Waals surface area contributed by atoms with Crippen molar-refractivity contribution in [3.63, 3.8) is 0 Å². The van der Waals surface area contributed by atoms with Crippen molar-refractivity contribution in [2.75, 3.05) is 31.9 Å². The van der Waals surface area contributed by atoms with Gasteiger partial charge in [0.25, 0.3) is 0 Å². The number of benzene rings is 1. The van der Waals surface area contributed by atoms with Gasteiger partial charge in [-0.05, 0) is 32.9 Å². The van der Waals surface area contributed by atoms with Crippen LogP contribution in [-0.2, 0) is 4.74 Å². The predicted octanol–water partition coefficient (Wildman–Crippen LogP) is 2.25. The Morgan fingerprint density at radius 1 is 1.33 bits per heavy atom. The molecule has 2 rings (SSSR count). The highest BCUT2D eigenvalue weighted by Gasteiger charge is 2.47. The number of halogens is 1. The maximum atomic E-state index is 14.3. The van der Waals surface area contributed by atoms with E-state index in [9.17, 15) is 9.18 Å². The zero-order valence-corrected chi connectivity index (χ0v) is 12.8. The van der Waals surface area contributed by atoms with Gasteiger partial charge in [-0.3, -0.25) is 0 Å². The molecule has 0 atom stereocenters. The van der Waals surface area contributed by atoms with Crippen LogP contribution in [0.4, 0.5) is 20.6 Å². The van der Waals surface area contributed by atoms with Crippen LogP contribution in [0.1, 0.15) is 20.8 Å². The summed E-state index contributed by atoms with van der Waals surface area (Å²) in [5.74, 6) is -0.470. The maximum Gasteiger partial charge on any atom is 0.521 e. The molecule has 1 fully saturated rings.